The fourth-order valence-corrected chi connectivity index (χ4v) is 2.88. The van der Waals surface area contributed by atoms with Crippen LogP contribution in [0, 0.1) is 12.8 Å². The van der Waals surface area contributed by atoms with Gasteiger partial charge < -0.3 is 15.5 Å². The van der Waals surface area contributed by atoms with Gasteiger partial charge in [-0.15, -0.1) is 0 Å². The third-order valence-electron chi connectivity index (χ3n) is 4.21. The molecule has 2 N–H and O–H groups in total. The van der Waals surface area contributed by atoms with Crippen LogP contribution in [0.3, 0.4) is 0 Å². The van der Waals surface area contributed by atoms with Crippen molar-refractivity contribution in [1.29, 1.82) is 0 Å². The van der Waals surface area contributed by atoms with Gasteiger partial charge in [-0.05, 0) is 32.9 Å². The number of hydrogen-bond acceptors (Lipinski definition) is 5. The molecular formula is C16H29N5. The van der Waals surface area contributed by atoms with Gasteiger partial charge in [0.25, 0.3) is 0 Å². The topological polar surface area (TPSA) is 58.3 Å². The number of likely N-dealkylation sites (tertiary alicyclic amines) is 1. The molecule has 1 aliphatic rings. The first-order valence-corrected chi connectivity index (χ1v) is 7.72. The second-order valence-electron chi connectivity index (χ2n) is 7.43. The van der Waals surface area contributed by atoms with Crippen LogP contribution < -0.4 is 10.6 Å². The lowest BCUT2D eigenvalue weighted by Gasteiger charge is -2.26. The van der Waals surface area contributed by atoms with Crippen molar-refractivity contribution in [2.24, 2.45) is 5.92 Å². The Bertz CT molecular complexity index is 506. The summed E-state index contributed by atoms with van der Waals surface area (Å²) in [4.78, 5) is 13.9. The molecular weight excluding hydrogens is 262 g/mol. The fourth-order valence-electron chi connectivity index (χ4n) is 2.88. The second kappa shape index (κ2) is 5.79. The van der Waals surface area contributed by atoms with E-state index in [4.69, 9.17) is 10.7 Å². The van der Waals surface area contributed by atoms with Crippen molar-refractivity contribution in [3.63, 3.8) is 0 Å². The quantitative estimate of drug-likeness (QED) is 0.923. The zero-order valence-electron chi connectivity index (χ0n) is 14.3. The van der Waals surface area contributed by atoms with Gasteiger partial charge in [0.2, 0.25) is 0 Å². The lowest BCUT2D eigenvalue weighted by molar-refractivity contribution is 0.395. The predicted molar refractivity (Wildman–Crippen MR) is 88.8 cm³/mol. The van der Waals surface area contributed by atoms with Gasteiger partial charge >= 0.3 is 0 Å². The van der Waals surface area contributed by atoms with E-state index in [1.54, 1.807) is 0 Å². The van der Waals surface area contributed by atoms with Crippen LogP contribution in [0.4, 0.5) is 11.6 Å². The highest BCUT2D eigenvalue weighted by Crippen LogP contribution is 2.27. The zero-order chi connectivity index (χ0) is 15.8. The predicted octanol–water partition coefficient (Wildman–Crippen LogP) is 2.05. The molecule has 0 aliphatic carbocycles. The molecule has 5 heteroatoms. The molecule has 0 radical (unpaired) electrons. The molecule has 1 unspecified atom stereocenters. The van der Waals surface area contributed by atoms with Gasteiger partial charge in [0, 0.05) is 31.1 Å². The van der Waals surface area contributed by atoms with E-state index < -0.39 is 0 Å². The first-order chi connectivity index (χ1) is 9.68. The number of nitrogens with two attached hydrogens (primary N) is 1. The van der Waals surface area contributed by atoms with E-state index in [2.05, 4.69) is 49.7 Å². The standard InChI is InChI=1S/C16H29N5/c1-11-13(17)18-15(16(2,3)4)19-14(11)21(6)10-12-7-8-20(5)9-12/h12H,7-10H2,1-6H3,(H2,17,18,19). The maximum absolute atomic E-state index is 6.10. The average molecular weight is 291 g/mol. The van der Waals surface area contributed by atoms with Crippen molar-refractivity contribution in [1.82, 2.24) is 14.9 Å². The summed E-state index contributed by atoms with van der Waals surface area (Å²) in [6.07, 6.45) is 1.26. The third kappa shape index (κ3) is 3.64. The summed E-state index contributed by atoms with van der Waals surface area (Å²) in [7, 11) is 4.30. The zero-order valence-corrected chi connectivity index (χ0v) is 14.3. The minimum Gasteiger partial charge on any atom is -0.383 e. The monoisotopic (exact) mass is 291 g/mol. The molecule has 2 rings (SSSR count). The Balaban J connectivity index is 2.23. The van der Waals surface area contributed by atoms with Gasteiger partial charge in [-0.25, -0.2) is 9.97 Å². The molecule has 1 aromatic heterocycles. The molecule has 1 atom stereocenters. The van der Waals surface area contributed by atoms with Crippen LogP contribution >= 0.6 is 0 Å². The molecule has 0 aromatic carbocycles. The Kier molecular flexibility index (Phi) is 4.42. The van der Waals surface area contributed by atoms with Crippen molar-refractivity contribution in [2.75, 3.05) is 44.4 Å². The summed E-state index contributed by atoms with van der Waals surface area (Å²) in [6.45, 7) is 11.7. The van der Waals surface area contributed by atoms with Crippen LogP contribution in [0.15, 0.2) is 0 Å². The minimum absolute atomic E-state index is 0.0923. The Morgan fingerprint density at radius 3 is 2.52 bits per heavy atom. The van der Waals surface area contributed by atoms with Crippen LogP contribution in [0.25, 0.3) is 0 Å². The van der Waals surface area contributed by atoms with Crippen molar-refractivity contribution < 1.29 is 0 Å². The highest BCUT2D eigenvalue weighted by atomic mass is 15.2. The largest absolute Gasteiger partial charge is 0.383 e. The highest BCUT2D eigenvalue weighted by molar-refractivity contribution is 5.56. The van der Waals surface area contributed by atoms with Gasteiger partial charge in [0.1, 0.15) is 17.5 Å². The second-order valence-corrected chi connectivity index (χ2v) is 7.43. The van der Waals surface area contributed by atoms with Crippen molar-refractivity contribution >= 4 is 11.6 Å². The lowest BCUT2D eigenvalue weighted by atomic mass is 9.95. The first kappa shape index (κ1) is 16.0. The number of hydrogen-bond donors (Lipinski definition) is 1. The summed E-state index contributed by atoms with van der Waals surface area (Å²) in [5, 5.41) is 0. The van der Waals surface area contributed by atoms with E-state index >= 15 is 0 Å². The normalized spacial score (nSPS) is 20.0. The number of aromatic nitrogens is 2. The molecule has 1 aliphatic heterocycles. The lowest BCUT2D eigenvalue weighted by Crippen LogP contribution is -2.30. The van der Waals surface area contributed by atoms with Crippen LogP contribution in [-0.4, -0.2) is 48.6 Å². The summed E-state index contributed by atoms with van der Waals surface area (Å²) < 4.78 is 0. The van der Waals surface area contributed by atoms with Crippen molar-refractivity contribution in [2.45, 2.75) is 39.5 Å². The van der Waals surface area contributed by atoms with Gasteiger partial charge in [-0.1, -0.05) is 20.8 Å². The molecule has 0 bridgehead atoms. The first-order valence-electron chi connectivity index (χ1n) is 7.72. The van der Waals surface area contributed by atoms with Gasteiger partial charge in [-0.3, -0.25) is 0 Å². The van der Waals surface area contributed by atoms with Gasteiger partial charge in [0.05, 0.1) is 0 Å². The third-order valence-corrected chi connectivity index (χ3v) is 4.21. The van der Waals surface area contributed by atoms with Gasteiger partial charge in [0.15, 0.2) is 0 Å². The number of anilines is 2. The SMILES string of the molecule is Cc1c(N)nc(C(C)(C)C)nc1N(C)CC1CCN(C)C1. The van der Waals surface area contributed by atoms with Gasteiger partial charge in [-0.2, -0.15) is 0 Å². The Labute approximate surface area is 128 Å². The Hall–Kier alpha value is -1.36. The van der Waals surface area contributed by atoms with E-state index in [1.807, 2.05) is 6.92 Å². The van der Waals surface area contributed by atoms with E-state index in [0.717, 1.165) is 30.3 Å². The maximum atomic E-state index is 6.10. The molecule has 1 fully saturated rings. The Morgan fingerprint density at radius 1 is 1.33 bits per heavy atom. The minimum atomic E-state index is -0.0923. The maximum Gasteiger partial charge on any atom is 0.138 e. The average Bonchev–Trinajstić information content (AvgIpc) is 2.76. The fraction of sp³-hybridized carbons (Fsp3) is 0.750. The molecule has 1 aromatic rings. The van der Waals surface area contributed by atoms with Crippen LogP contribution in [0.5, 0.6) is 0 Å². The molecule has 21 heavy (non-hydrogen) atoms. The smallest absolute Gasteiger partial charge is 0.138 e. The van der Waals surface area contributed by atoms with E-state index in [1.165, 1.54) is 13.0 Å². The summed E-state index contributed by atoms with van der Waals surface area (Å²) >= 11 is 0. The van der Waals surface area contributed by atoms with Crippen LogP contribution in [0.2, 0.25) is 0 Å². The molecule has 0 amide bonds. The van der Waals surface area contributed by atoms with E-state index in [9.17, 15) is 0 Å². The van der Waals surface area contributed by atoms with Crippen molar-refractivity contribution in [3.05, 3.63) is 11.4 Å². The molecule has 0 saturated carbocycles. The van der Waals surface area contributed by atoms with E-state index in [-0.39, 0.29) is 5.41 Å². The summed E-state index contributed by atoms with van der Waals surface area (Å²) in [5.74, 6) is 3.09. The molecule has 5 nitrogen and oxygen atoms in total. The van der Waals surface area contributed by atoms with Crippen LogP contribution in [0.1, 0.15) is 38.6 Å². The summed E-state index contributed by atoms with van der Waals surface area (Å²) in [5.41, 5.74) is 6.99. The molecule has 0 spiro atoms. The van der Waals surface area contributed by atoms with Crippen LogP contribution in [-0.2, 0) is 5.41 Å². The number of rotatable bonds is 3. The molecule has 2 heterocycles. The Morgan fingerprint density at radius 2 is 2.00 bits per heavy atom. The summed E-state index contributed by atoms with van der Waals surface area (Å²) in [6, 6.07) is 0. The number of nitrogen functional groups attached to an aromatic ring is 1. The molecule has 1 saturated heterocycles. The molecule has 118 valence electrons. The number of nitrogens with zero attached hydrogens (tertiary/aromatic N) is 4. The highest BCUT2D eigenvalue weighted by Gasteiger charge is 2.25. The van der Waals surface area contributed by atoms with E-state index in [0.29, 0.717) is 11.7 Å². The van der Waals surface area contributed by atoms with Crippen molar-refractivity contribution in [3.8, 4) is 0 Å².